The number of nitrogens with two attached hydrogens (primary N) is 1. The lowest BCUT2D eigenvalue weighted by atomic mass is 9.85. The number of nitrogens with one attached hydrogen (secondary N) is 3. The van der Waals surface area contributed by atoms with E-state index >= 15 is 0 Å². The molecule has 6 nitrogen and oxygen atoms in total. The summed E-state index contributed by atoms with van der Waals surface area (Å²) in [5, 5.41) is 14.7. The van der Waals surface area contributed by atoms with Gasteiger partial charge >= 0.3 is 0 Å². The van der Waals surface area contributed by atoms with E-state index in [0.29, 0.717) is 35.1 Å². The number of carbonyl (C=O) groups is 1. The second kappa shape index (κ2) is 9.83. The van der Waals surface area contributed by atoms with Crippen LogP contribution in [0.2, 0.25) is 0 Å². The zero-order chi connectivity index (χ0) is 22.5. The monoisotopic (exact) mass is 429 g/mol. The number of amides is 1. The fourth-order valence-electron chi connectivity index (χ4n) is 4.62. The Hall–Kier alpha value is -3.38. The molecule has 2 atom stereocenters. The minimum atomic E-state index is -0.0713. The van der Waals surface area contributed by atoms with Gasteiger partial charge in [-0.05, 0) is 67.4 Å². The Kier molecular flexibility index (Phi) is 6.71. The average molecular weight is 430 g/mol. The topological polar surface area (TPSA) is 94.2 Å². The second-order valence-corrected chi connectivity index (χ2v) is 8.78. The van der Waals surface area contributed by atoms with Crippen LogP contribution in [-0.2, 0) is 11.2 Å². The highest BCUT2D eigenvalue weighted by Crippen LogP contribution is 2.27. The van der Waals surface area contributed by atoms with Crippen LogP contribution in [-0.4, -0.2) is 43.2 Å². The summed E-state index contributed by atoms with van der Waals surface area (Å²) in [6.07, 6.45) is 7.50. The molecule has 5 N–H and O–H groups in total. The molecular formula is C26H31N5O. The lowest BCUT2D eigenvalue weighted by molar-refractivity contribution is -0.122. The number of nitrogen functional groups attached to an aromatic ring is 1. The van der Waals surface area contributed by atoms with Gasteiger partial charge in [-0.15, -0.1) is 0 Å². The molecule has 166 valence electrons. The highest BCUT2D eigenvalue weighted by molar-refractivity contribution is 6.16. The average Bonchev–Trinajstić information content (AvgIpc) is 2.80. The van der Waals surface area contributed by atoms with Crippen molar-refractivity contribution in [2.75, 3.05) is 37.7 Å². The molecule has 2 unspecified atom stereocenters. The molecule has 2 aliphatic rings. The Morgan fingerprint density at radius 2 is 2.03 bits per heavy atom. The third-order valence-corrected chi connectivity index (χ3v) is 6.16. The number of allylic oxidation sites excluding steroid dienone is 2. The molecule has 0 radical (unpaired) electrons. The molecule has 0 aliphatic carbocycles. The van der Waals surface area contributed by atoms with E-state index in [-0.39, 0.29) is 11.8 Å². The number of likely N-dealkylation sites (tertiary alicyclic amines) is 1. The van der Waals surface area contributed by atoms with E-state index in [9.17, 15) is 4.79 Å². The van der Waals surface area contributed by atoms with Crippen molar-refractivity contribution in [2.45, 2.75) is 12.8 Å². The van der Waals surface area contributed by atoms with E-state index in [1.54, 1.807) is 12.1 Å². The van der Waals surface area contributed by atoms with Gasteiger partial charge in [-0.3, -0.25) is 10.2 Å². The van der Waals surface area contributed by atoms with Crippen molar-refractivity contribution in [3.63, 3.8) is 0 Å². The van der Waals surface area contributed by atoms with E-state index in [1.807, 2.05) is 30.5 Å². The molecule has 4 rings (SSSR count). The maximum Gasteiger partial charge on any atom is 0.228 e. The molecule has 1 amide bonds. The Morgan fingerprint density at radius 1 is 1.22 bits per heavy atom. The molecule has 2 aliphatic heterocycles. The van der Waals surface area contributed by atoms with Gasteiger partial charge in [0.25, 0.3) is 0 Å². The second-order valence-electron chi connectivity index (χ2n) is 8.78. The van der Waals surface area contributed by atoms with Crippen LogP contribution < -0.4 is 16.4 Å². The summed E-state index contributed by atoms with van der Waals surface area (Å²) in [5.74, 6) is 0.400. The molecule has 1 fully saturated rings. The normalized spacial score (nSPS) is 20.8. The van der Waals surface area contributed by atoms with Crippen LogP contribution in [0.4, 0.5) is 11.4 Å². The van der Waals surface area contributed by atoms with E-state index in [1.165, 1.54) is 5.56 Å². The van der Waals surface area contributed by atoms with Crippen LogP contribution in [0.25, 0.3) is 0 Å². The van der Waals surface area contributed by atoms with Gasteiger partial charge in [-0.2, -0.15) is 0 Å². The molecule has 0 bridgehead atoms. The third-order valence-electron chi connectivity index (χ3n) is 6.16. The van der Waals surface area contributed by atoms with Gasteiger partial charge in [-0.1, -0.05) is 36.4 Å². The maximum atomic E-state index is 13.1. The molecule has 2 aromatic rings. The Labute approximate surface area is 189 Å². The van der Waals surface area contributed by atoms with E-state index in [2.05, 4.69) is 46.8 Å². The van der Waals surface area contributed by atoms with Crippen LogP contribution >= 0.6 is 0 Å². The minimum Gasteiger partial charge on any atom is -0.398 e. The smallest absolute Gasteiger partial charge is 0.228 e. The van der Waals surface area contributed by atoms with E-state index in [4.69, 9.17) is 11.1 Å². The summed E-state index contributed by atoms with van der Waals surface area (Å²) in [7, 11) is 2.08. The quantitative estimate of drug-likeness (QED) is 0.418. The Morgan fingerprint density at radius 3 is 2.78 bits per heavy atom. The zero-order valence-corrected chi connectivity index (χ0v) is 18.5. The molecular weight excluding hydrogens is 398 g/mol. The number of benzene rings is 2. The lowest BCUT2D eigenvalue weighted by Gasteiger charge is -2.35. The Bertz CT molecular complexity index is 1040. The highest BCUT2D eigenvalue weighted by Gasteiger charge is 2.30. The van der Waals surface area contributed by atoms with Crippen LogP contribution in [0.1, 0.15) is 17.5 Å². The number of dihydropyridines is 1. The van der Waals surface area contributed by atoms with Crippen molar-refractivity contribution < 1.29 is 4.79 Å². The number of hydrogen-bond donors (Lipinski definition) is 4. The van der Waals surface area contributed by atoms with Crippen molar-refractivity contribution in [3.8, 4) is 0 Å². The summed E-state index contributed by atoms with van der Waals surface area (Å²) in [6, 6.07) is 15.9. The summed E-state index contributed by atoms with van der Waals surface area (Å²) >= 11 is 0. The highest BCUT2D eigenvalue weighted by atomic mass is 16.1. The summed E-state index contributed by atoms with van der Waals surface area (Å²) in [5.41, 5.74) is 10.5. The number of piperidine rings is 1. The van der Waals surface area contributed by atoms with Gasteiger partial charge in [0.2, 0.25) is 5.91 Å². The van der Waals surface area contributed by atoms with Gasteiger partial charge in [0.05, 0.1) is 11.6 Å². The molecule has 6 heteroatoms. The first-order valence-corrected chi connectivity index (χ1v) is 11.1. The SMILES string of the molecule is CN1CC(Cc2ccccc2)CC(C(=O)Nc2ccc(N)c(C(=N)C3=CCNC=C3)c2)C1. The molecule has 2 heterocycles. The van der Waals surface area contributed by atoms with Crippen LogP contribution in [0.3, 0.4) is 0 Å². The predicted octanol–water partition coefficient (Wildman–Crippen LogP) is 3.43. The molecule has 2 aromatic carbocycles. The zero-order valence-electron chi connectivity index (χ0n) is 18.5. The van der Waals surface area contributed by atoms with Crippen molar-refractivity contribution in [2.24, 2.45) is 11.8 Å². The fourth-order valence-corrected chi connectivity index (χ4v) is 4.62. The van der Waals surface area contributed by atoms with Gasteiger partial charge in [0.1, 0.15) is 0 Å². The summed E-state index contributed by atoms with van der Waals surface area (Å²) < 4.78 is 0. The van der Waals surface area contributed by atoms with E-state index < -0.39 is 0 Å². The molecule has 1 saturated heterocycles. The number of nitrogens with zero attached hydrogens (tertiary/aromatic N) is 1. The minimum absolute atomic E-state index is 0.0258. The van der Waals surface area contributed by atoms with Gasteiger partial charge in [0, 0.05) is 36.6 Å². The molecule has 0 aromatic heterocycles. The molecule has 0 saturated carbocycles. The number of hydrogen-bond acceptors (Lipinski definition) is 5. The van der Waals surface area contributed by atoms with Crippen molar-refractivity contribution in [1.82, 2.24) is 10.2 Å². The number of rotatable bonds is 6. The first-order valence-electron chi connectivity index (χ1n) is 11.1. The first kappa shape index (κ1) is 21.8. The lowest BCUT2D eigenvalue weighted by Crippen LogP contribution is -2.43. The fraction of sp³-hybridized carbons (Fsp3) is 0.308. The van der Waals surface area contributed by atoms with Crippen molar-refractivity contribution in [3.05, 3.63) is 83.6 Å². The Balaban J connectivity index is 1.44. The largest absolute Gasteiger partial charge is 0.398 e. The maximum absolute atomic E-state index is 13.1. The third kappa shape index (κ3) is 5.26. The van der Waals surface area contributed by atoms with Gasteiger partial charge in [0.15, 0.2) is 0 Å². The van der Waals surface area contributed by atoms with Crippen LogP contribution in [0, 0.1) is 17.2 Å². The first-order chi connectivity index (χ1) is 15.5. The number of anilines is 2. The molecule has 0 spiro atoms. The van der Waals surface area contributed by atoms with E-state index in [0.717, 1.165) is 31.5 Å². The molecule has 32 heavy (non-hydrogen) atoms. The van der Waals surface area contributed by atoms with Crippen molar-refractivity contribution in [1.29, 1.82) is 5.41 Å². The van der Waals surface area contributed by atoms with Crippen LogP contribution in [0.15, 0.2) is 72.5 Å². The summed E-state index contributed by atoms with van der Waals surface area (Å²) in [4.78, 5) is 15.4. The van der Waals surface area contributed by atoms with Crippen LogP contribution in [0.5, 0.6) is 0 Å². The van der Waals surface area contributed by atoms with Crippen molar-refractivity contribution >= 4 is 23.0 Å². The van der Waals surface area contributed by atoms with Gasteiger partial charge in [-0.25, -0.2) is 0 Å². The number of carbonyl (C=O) groups excluding carboxylic acids is 1. The predicted molar refractivity (Wildman–Crippen MR) is 131 cm³/mol. The standard InChI is InChI=1S/C26H31N5O/c1-31-16-19(13-18-5-3-2-4-6-18)14-21(17-31)26(32)30-22-7-8-24(27)23(15-22)25(28)20-9-11-29-12-10-20/h2-11,15,19,21,28-29H,12-14,16-17,27H2,1H3,(H,30,32). The van der Waals surface area contributed by atoms with Gasteiger partial charge < -0.3 is 21.3 Å². The summed E-state index contributed by atoms with van der Waals surface area (Å²) in [6.45, 7) is 2.43.